The monoisotopic (exact) mass is 274 g/mol. The minimum atomic E-state index is -0.182. The van der Waals surface area contributed by atoms with Crippen molar-refractivity contribution in [1.29, 1.82) is 0 Å². The molecule has 20 heavy (non-hydrogen) atoms. The van der Waals surface area contributed by atoms with Crippen LogP contribution in [0.2, 0.25) is 0 Å². The highest BCUT2D eigenvalue weighted by Crippen LogP contribution is 2.20. The summed E-state index contributed by atoms with van der Waals surface area (Å²) >= 11 is 0. The Morgan fingerprint density at radius 2 is 2.00 bits per heavy atom. The summed E-state index contributed by atoms with van der Waals surface area (Å²) in [4.78, 5) is 12.3. The van der Waals surface area contributed by atoms with E-state index in [9.17, 15) is 9.90 Å². The minimum absolute atomic E-state index is 0.0137. The van der Waals surface area contributed by atoms with E-state index in [1.165, 1.54) is 11.1 Å². The zero-order valence-electron chi connectivity index (χ0n) is 11.7. The number of aliphatic hydroxyl groups excluding tert-OH is 1. The molecule has 1 aromatic carbocycles. The average Bonchev–Trinajstić information content (AvgIpc) is 2.49. The SMILES string of the molecule is O=C(NC1CCC(O)CC1)c1ccc2c(c1)CNCC2. The number of benzene rings is 1. The lowest BCUT2D eigenvalue weighted by atomic mass is 9.92. The van der Waals surface area contributed by atoms with Gasteiger partial charge in [0.25, 0.3) is 5.91 Å². The van der Waals surface area contributed by atoms with Crippen LogP contribution in [0.3, 0.4) is 0 Å². The molecule has 3 N–H and O–H groups in total. The number of hydrogen-bond donors (Lipinski definition) is 3. The summed E-state index contributed by atoms with van der Waals surface area (Å²) in [7, 11) is 0. The first-order chi connectivity index (χ1) is 9.72. The van der Waals surface area contributed by atoms with Crippen LogP contribution in [0.15, 0.2) is 18.2 Å². The Bertz CT molecular complexity index is 493. The van der Waals surface area contributed by atoms with Crippen LogP contribution in [0, 0.1) is 0 Å². The molecule has 108 valence electrons. The van der Waals surface area contributed by atoms with Gasteiger partial charge in [0.05, 0.1) is 6.10 Å². The smallest absolute Gasteiger partial charge is 0.251 e. The van der Waals surface area contributed by atoms with Crippen LogP contribution in [0.4, 0.5) is 0 Å². The molecule has 2 aliphatic rings. The Hall–Kier alpha value is -1.39. The first kappa shape index (κ1) is 13.6. The van der Waals surface area contributed by atoms with Gasteiger partial charge in [0.2, 0.25) is 0 Å². The molecule has 0 unspecified atom stereocenters. The maximum atomic E-state index is 12.3. The topological polar surface area (TPSA) is 61.4 Å². The average molecular weight is 274 g/mol. The molecule has 0 spiro atoms. The molecule has 1 aliphatic heterocycles. The van der Waals surface area contributed by atoms with Crippen LogP contribution in [-0.4, -0.2) is 29.7 Å². The fourth-order valence-electron chi connectivity index (χ4n) is 3.11. The van der Waals surface area contributed by atoms with Gasteiger partial charge >= 0.3 is 0 Å². The Balaban J connectivity index is 1.65. The van der Waals surface area contributed by atoms with Gasteiger partial charge in [0.1, 0.15) is 0 Å². The van der Waals surface area contributed by atoms with Crippen molar-refractivity contribution in [3.8, 4) is 0 Å². The summed E-state index contributed by atoms with van der Waals surface area (Å²) in [6.45, 7) is 1.87. The fraction of sp³-hybridized carbons (Fsp3) is 0.562. The van der Waals surface area contributed by atoms with Crippen molar-refractivity contribution in [2.45, 2.75) is 50.8 Å². The molecule has 1 heterocycles. The van der Waals surface area contributed by atoms with E-state index in [-0.39, 0.29) is 18.1 Å². The van der Waals surface area contributed by atoms with E-state index in [0.29, 0.717) is 0 Å². The van der Waals surface area contributed by atoms with Crippen molar-refractivity contribution in [3.63, 3.8) is 0 Å². The van der Waals surface area contributed by atoms with E-state index in [1.807, 2.05) is 12.1 Å². The molecule has 0 aromatic heterocycles. The molecular weight excluding hydrogens is 252 g/mol. The number of amides is 1. The zero-order chi connectivity index (χ0) is 13.9. The van der Waals surface area contributed by atoms with E-state index in [0.717, 1.165) is 50.8 Å². The van der Waals surface area contributed by atoms with Gasteiger partial charge in [-0.1, -0.05) is 6.07 Å². The van der Waals surface area contributed by atoms with Gasteiger partial charge < -0.3 is 15.7 Å². The van der Waals surface area contributed by atoms with Crippen molar-refractivity contribution >= 4 is 5.91 Å². The third-order valence-electron chi connectivity index (χ3n) is 4.39. The van der Waals surface area contributed by atoms with Crippen LogP contribution in [0.5, 0.6) is 0 Å². The van der Waals surface area contributed by atoms with Gasteiger partial charge in [-0.15, -0.1) is 0 Å². The van der Waals surface area contributed by atoms with Crippen LogP contribution in [-0.2, 0) is 13.0 Å². The summed E-state index contributed by atoms with van der Waals surface area (Å²) in [5, 5.41) is 15.9. The number of carbonyl (C=O) groups is 1. The summed E-state index contributed by atoms with van der Waals surface area (Å²) in [6.07, 6.45) is 4.19. The first-order valence-corrected chi connectivity index (χ1v) is 7.54. The highest BCUT2D eigenvalue weighted by Gasteiger charge is 2.21. The van der Waals surface area contributed by atoms with Crippen LogP contribution < -0.4 is 10.6 Å². The van der Waals surface area contributed by atoms with Crippen LogP contribution in [0.25, 0.3) is 0 Å². The normalized spacial score (nSPS) is 25.9. The van der Waals surface area contributed by atoms with Gasteiger partial charge in [-0.2, -0.15) is 0 Å². The van der Waals surface area contributed by atoms with E-state index >= 15 is 0 Å². The van der Waals surface area contributed by atoms with E-state index in [2.05, 4.69) is 16.7 Å². The van der Waals surface area contributed by atoms with Crippen LogP contribution in [0.1, 0.15) is 47.2 Å². The number of hydrogen-bond acceptors (Lipinski definition) is 3. The molecule has 0 bridgehead atoms. The lowest BCUT2D eigenvalue weighted by molar-refractivity contribution is 0.0867. The Morgan fingerprint density at radius 1 is 1.20 bits per heavy atom. The predicted octanol–water partition coefficient (Wildman–Crippen LogP) is 1.37. The fourth-order valence-corrected chi connectivity index (χ4v) is 3.11. The number of carbonyl (C=O) groups excluding carboxylic acids is 1. The molecular formula is C16H22N2O2. The van der Waals surface area contributed by atoms with Crippen molar-refractivity contribution in [3.05, 3.63) is 34.9 Å². The molecule has 1 aromatic rings. The van der Waals surface area contributed by atoms with Gasteiger partial charge in [-0.05, 0) is 61.9 Å². The van der Waals surface area contributed by atoms with Crippen molar-refractivity contribution in [2.24, 2.45) is 0 Å². The van der Waals surface area contributed by atoms with Crippen LogP contribution >= 0.6 is 0 Å². The summed E-state index contributed by atoms with van der Waals surface area (Å²) in [6, 6.07) is 6.22. The molecule has 1 fully saturated rings. The molecule has 1 aliphatic carbocycles. The van der Waals surface area contributed by atoms with E-state index in [4.69, 9.17) is 0 Å². The quantitative estimate of drug-likeness (QED) is 0.763. The zero-order valence-corrected chi connectivity index (χ0v) is 11.7. The Kier molecular flexibility index (Phi) is 4.03. The second-order valence-electron chi connectivity index (χ2n) is 5.89. The molecule has 0 radical (unpaired) electrons. The molecule has 1 saturated carbocycles. The third-order valence-corrected chi connectivity index (χ3v) is 4.39. The molecule has 0 saturated heterocycles. The number of fused-ring (bicyclic) bond motifs is 1. The Morgan fingerprint density at radius 3 is 2.80 bits per heavy atom. The summed E-state index contributed by atoms with van der Waals surface area (Å²) in [5.41, 5.74) is 3.34. The van der Waals surface area contributed by atoms with Gasteiger partial charge in [-0.3, -0.25) is 4.79 Å². The molecule has 3 rings (SSSR count). The van der Waals surface area contributed by atoms with Gasteiger partial charge in [0.15, 0.2) is 0 Å². The highest BCUT2D eigenvalue weighted by atomic mass is 16.3. The maximum Gasteiger partial charge on any atom is 0.251 e. The van der Waals surface area contributed by atoms with Gasteiger partial charge in [0, 0.05) is 18.2 Å². The lowest BCUT2D eigenvalue weighted by Crippen LogP contribution is -2.38. The number of aliphatic hydroxyl groups is 1. The molecule has 0 atom stereocenters. The standard InChI is InChI=1S/C16H22N2O2/c19-15-5-3-14(4-6-15)18-16(20)12-2-1-11-7-8-17-10-13(11)9-12/h1-2,9,14-15,17,19H,3-8,10H2,(H,18,20). The van der Waals surface area contributed by atoms with Crippen molar-refractivity contribution < 1.29 is 9.90 Å². The number of rotatable bonds is 2. The molecule has 4 nitrogen and oxygen atoms in total. The Labute approximate surface area is 119 Å². The van der Waals surface area contributed by atoms with Crippen molar-refractivity contribution in [1.82, 2.24) is 10.6 Å². The van der Waals surface area contributed by atoms with E-state index in [1.54, 1.807) is 0 Å². The first-order valence-electron chi connectivity index (χ1n) is 7.54. The lowest BCUT2D eigenvalue weighted by Gasteiger charge is -2.26. The number of nitrogens with one attached hydrogen (secondary N) is 2. The summed E-state index contributed by atoms with van der Waals surface area (Å²) < 4.78 is 0. The van der Waals surface area contributed by atoms with E-state index < -0.39 is 0 Å². The summed E-state index contributed by atoms with van der Waals surface area (Å²) in [5.74, 6) is 0.0137. The second kappa shape index (κ2) is 5.94. The minimum Gasteiger partial charge on any atom is -0.393 e. The maximum absolute atomic E-state index is 12.3. The third kappa shape index (κ3) is 3.02. The van der Waals surface area contributed by atoms with Gasteiger partial charge in [-0.25, -0.2) is 0 Å². The van der Waals surface area contributed by atoms with Crippen molar-refractivity contribution in [2.75, 3.05) is 6.54 Å². The molecule has 4 heteroatoms. The predicted molar refractivity (Wildman–Crippen MR) is 77.6 cm³/mol. The molecule has 1 amide bonds. The second-order valence-corrected chi connectivity index (χ2v) is 5.89. The largest absolute Gasteiger partial charge is 0.393 e. The highest BCUT2D eigenvalue weighted by molar-refractivity contribution is 5.94.